The van der Waals surface area contributed by atoms with Crippen molar-refractivity contribution in [3.05, 3.63) is 48.0 Å². The van der Waals surface area contributed by atoms with Gasteiger partial charge in [-0.3, -0.25) is 4.79 Å². The van der Waals surface area contributed by atoms with Crippen molar-refractivity contribution in [2.45, 2.75) is 26.2 Å². The smallest absolute Gasteiger partial charge is 0.211 e. The van der Waals surface area contributed by atoms with E-state index in [4.69, 9.17) is 0 Å². The number of hydrogen-bond donors (Lipinski definition) is 1. The van der Waals surface area contributed by atoms with Gasteiger partial charge in [-0.05, 0) is 35.2 Å². The van der Waals surface area contributed by atoms with Gasteiger partial charge >= 0.3 is 0 Å². The fraction of sp³-hybridized carbons (Fsp3) is 0.235. The van der Waals surface area contributed by atoms with E-state index in [1.807, 2.05) is 6.07 Å². The number of carbonyl (C=O) groups excluding carboxylic acids is 1. The van der Waals surface area contributed by atoms with Crippen LogP contribution < -0.4 is 5.32 Å². The Morgan fingerprint density at radius 2 is 2.04 bits per heavy atom. The van der Waals surface area contributed by atoms with Crippen LogP contribution in [0, 0.1) is 5.82 Å². The lowest BCUT2D eigenvalue weighted by atomic mass is 9.88. The number of rotatable bonds is 3. The number of nitrogens with one attached hydrogen (secondary N) is 1. The Morgan fingerprint density at radius 1 is 1.26 bits per heavy atom. The summed E-state index contributed by atoms with van der Waals surface area (Å²) >= 11 is 0. The molecule has 1 amide bonds. The third-order valence-electron chi connectivity index (χ3n) is 3.64. The molecule has 0 aliphatic rings. The van der Waals surface area contributed by atoms with Crippen LogP contribution in [0.1, 0.15) is 26.3 Å². The second-order valence-corrected chi connectivity index (χ2v) is 6.39. The van der Waals surface area contributed by atoms with Gasteiger partial charge in [-0.2, -0.15) is 0 Å². The standard InChI is InChI=1S/C17H17FN4O/c1-17(2,3)12-6-11-9-22(21-16(11)19-8-12)15-7-13(20-10-23)4-5-14(15)18/h4-10H,1-3H3,(H,20,23). The topological polar surface area (TPSA) is 59.8 Å². The molecule has 0 spiro atoms. The molecule has 2 aromatic heterocycles. The van der Waals surface area contributed by atoms with E-state index in [-0.39, 0.29) is 11.1 Å². The maximum Gasteiger partial charge on any atom is 0.211 e. The first-order chi connectivity index (χ1) is 10.9. The molecule has 0 saturated carbocycles. The van der Waals surface area contributed by atoms with Crippen LogP contribution in [0.3, 0.4) is 0 Å². The summed E-state index contributed by atoms with van der Waals surface area (Å²) in [5, 5.41) is 7.66. The first kappa shape index (κ1) is 15.1. The van der Waals surface area contributed by atoms with Crippen molar-refractivity contribution in [1.82, 2.24) is 14.8 Å². The molecule has 1 N–H and O–H groups in total. The monoisotopic (exact) mass is 312 g/mol. The van der Waals surface area contributed by atoms with Crippen LogP contribution >= 0.6 is 0 Å². The Morgan fingerprint density at radius 3 is 2.74 bits per heavy atom. The molecular formula is C17H17FN4O. The summed E-state index contributed by atoms with van der Waals surface area (Å²) in [7, 11) is 0. The molecule has 0 aliphatic carbocycles. The summed E-state index contributed by atoms with van der Waals surface area (Å²) in [4.78, 5) is 14.9. The third-order valence-corrected chi connectivity index (χ3v) is 3.64. The van der Waals surface area contributed by atoms with Crippen molar-refractivity contribution in [2.24, 2.45) is 0 Å². The molecule has 5 nitrogen and oxygen atoms in total. The summed E-state index contributed by atoms with van der Waals surface area (Å²) in [5.41, 5.74) is 2.36. The molecule has 0 radical (unpaired) electrons. The molecule has 6 heteroatoms. The number of fused-ring (bicyclic) bond motifs is 1. The quantitative estimate of drug-likeness (QED) is 0.754. The van der Waals surface area contributed by atoms with Crippen molar-refractivity contribution in [3.63, 3.8) is 0 Å². The number of carbonyl (C=O) groups is 1. The molecule has 3 rings (SSSR count). The van der Waals surface area contributed by atoms with Gasteiger partial charge in [-0.15, -0.1) is 5.10 Å². The number of benzene rings is 1. The second-order valence-electron chi connectivity index (χ2n) is 6.39. The Balaban J connectivity index is 2.10. The predicted octanol–water partition coefficient (Wildman–Crippen LogP) is 3.43. The van der Waals surface area contributed by atoms with E-state index in [0.29, 0.717) is 17.7 Å². The lowest BCUT2D eigenvalue weighted by Crippen LogP contribution is -2.11. The van der Waals surface area contributed by atoms with Gasteiger partial charge in [0.2, 0.25) is 6.41 Å². The van der Waals surface area contributed by atoms with Crippen molar-refractivity contribution >= 4 is 23.1 Å². The number of pyridine rings is 1. The van der Waals surface area contributed by atoms with Crippen molar-refractivity contribution in [2.75, 3.05) is 5.32 Å². The van der Waals surface area contributed by atoms with E-state index >= 15 is 0 Å². The van der Waals surface area contributed by atoms with Gasteiger partial charge in [0.05, 0.1) is 0 Å². The fourth-order valence-corrected chi connectivity index (χ4v) is 2.30. The van der Waals surface area contributed by atoms with Crippen molar-refractivity contribution < 1.29 is 9.18 Å². The zero-order valence-corrected chi connectivity index (χ0v) is 13.2. The van der Waals surface area contributed by atoms with Gasteiger partial charge < -0.3 is 5.32 Å². The van der Waals surface area contributed by atoms with Crippen molar-refractivity contribution in [1.29, 1.82) is 0 Å². The molecule has 0 aliphatic heterocycles. The number of halogens is 1. The highest BCUT2D eigenvalue weighted by molar-refractivity contribution is 5.76. The van der Waals surface area contributed by atoms with E-state index in [0.717, 1.165) is 10.9 Å². The van der Waals surface area contributed by atoms with E-state index in [1.54, 1.807) is 12.4 Å². The Hall–Kier alpha value is -2.76. The first-order valence-corrected chi connectivity index (χ1v) is 7.24. The van der Waals surface area contributed by atoms with Crippen LogP contribution in [0.4, 0.5) is 10.1 Å². The summed E-state index contributed by atoms with van der Waals surface area (Å²) in [6.45, 7) is 6.32. The minimum Gasteiger partial charge on any atom is -0.329 e. The predicted molar refractivity (Wildman–Crippen MR) is 87.2 cm³/mol. The highest BCUT2D eigenvalue weighted by Gasteiger charge is 2.16. The number of amides is 1. The molecule has 23 heavy (non-hydrogen) atoms. The fourth-order valence-electron chi connectivity index (χ4n) is 2.30. The molecule has 1 aromatic carbocycles. The van der Waals surface area contributed by atoms with Crippen molar-refractivity contribution in [3.8, 4) is 5.69 Å². The molecule has 0 atom stereocenters. The number of anilines is 1. The largest absolute Gasteiger partial charge is 0.329 e. The van der Waals surface area contributed by atoms with E-state index in [9.17, 15) is 9.18 Å². The maximum atomic E-state index is 14.1. The third kappa shape index (κ3) is 2.92. The Labute approximate surface area is 133 Å². The van der Waals surface area contributed by atoms with Gasteiger partial charge in [0.1, 0.15) is 11.5 Å². The second kappa shape index (κ2) is 5.46. The average molecular weight is 312 g/mol. The molecule has 0 saturated heterocycles. The van der Waals surface area contributed by atoms with Crippen LogP contribution in [-0.2, 0) is 10.2 Å². The summed E-state index contributed by atoms with van der Waals surface area (Å²) in [5.74, 6) is -0.426. The van der Waals surface area contributed by atoms with Gasteiger partial charge in [-0.1, -0.05) is 20.8 Å². The van der Waals surface area contributed by atoms with Crippen LogP contribution in [0.15, 0.2) is 36.7 Å². The Kier molecular flexibility index (Phi) is 3.60. The minimum atomic E-state index is -0.426. The number of hydrogen-bond acceptors (Lipinski definition) is 3. The molecule has 118 valence electrons. The highest BCUT2D eigenvalue weighted by atomic mass is 19.1. The SMILES string of the molecule is CC(C)(C)c1cnc2nn(-c3cc(NC=O)ccc3F)cc2c1. The molecular weight excluding hydrogens is 295 g/mol. The summed E-state index contributed by atoms with van der Waals surface area (Å²) in [6.07, 6.45) is 4.08. The zero-order chi connectivity index (χ0) is 16.6. The summed E-state index contributed by atoms with van der Waals surface area (Å²) in [6, 6.07) is 6.32. The first-order valence-electron chi connectivity index (χ1n) is 7.24. The van der Waals surface area contributed by atoms with Crippen LogP contribution in [0.25, 0.3) is 16.7 Å². The van der Waals surface area contributed by atoms with E-state index < -0.39 is 5.82 Å². The zero-order valence-electron chi connectivity index (χ0n) is 13.2. The van der Waals surface area contributed by atoms with Crippen LogP contribution in [-0.4, -0.2) is 21.2 Å². The number of aromatic nitrogens is 3. The van der Waals surface area contributed by atoms with Crippen LogP contribution in [0.2, 0.25) is 0 Å². The van der Waals surface area contributed by atoms with Gasteiger partial charge in [0, 0.05) is 23.5 Å². The van der Waals surface area contributed by atoms with Gasteiger partial charge in [0.15, 0.2) is 5.65 Å². The molecule has 2 heterocycles. The summed E-state index contributed by atoms with van der Waals surface area (Å²) < 4.78 is 15.5. The van der Waals surface area contributed by atoms with E-state index in [1.165, 1.54) is 22.9 Å². The molecule has 3 aromatic rings. The van der Waals surface area contributed by atoms with Crippen LogP contribution in [0.5, 0.6) is 0 Å². The van der Waals surface area contributed by atoms with Gasteiger partial charge in [0.25, 0.3) is 0 Å². The minimum absolute atomic E-state index is 0.0255. The molecule has 0 unspecified atom stereocenters. The maximum absolute atomic E-state index is 14.1. The lowest BCUT2D eigenvalue weighted by Gasteiger charge is -2.17. The molecule has 0 fully saturated rings. The normalized spacial score (nSPS) is 11.7. The van der Waals surface area contributed by atoms with Gasteiger partial charge in [-0.25, -0.2) is 14.1 Å². The average Bonchev–Trinajstić information content (AvgIpc) is 2.91. The van der Waals surface area contributed by atoms with E-state index in [2.05, 4.69) is 36.2 Å². The lowest BCUT2D eigenvalue weighted by molar-refractivity contribution is -0.105. The highest BCUT2D eigenvalue weighted by Crippen LogP contribution is 2.25. The number of nitrogens with zero attached hydrogens (tertiary/aromatic N) is 3. The molecule has 0 bridgehead atoms. The Bertz CT molecular complexity index is 880.